The minimum atomic E-state index is -1.96. The molecule has 0 aromatic heterocycles. The summed E-state index contributed by atoms with van der Waals surface area (Å²) in [4.78, 5) is 10.7. The Kier molecular flexibility index (Phi) is 6.33. The molecule has 0 unspecified atom stereocenters. The third-order valence-electron chi connectivity index (χ3n) is 3.47. The number of hydrogen-bond donors (Lipinski definition) is 5. The van der Waals surface area contributed by atoms with Crippen molar-refractivity contribution in [3.8, 4) is 0 Å². The van der Waals surface area contributed by atoms with Crippen molar-refractivity contribution in [2.45, 2.75) is 30.5 Å². The molecule has 0 radical (unpaired) electrons. The monoisotopic (exact) mass is 308 g/mol. The minimum absolute atomic E-state index is 0. The Morgan fingerprint density at radius 3 is 2.33 bits per heavy atom. The zero-order valence-corrected chi connectivity index (χ0v) is 10.5. The average Bonchev–Trinajstić information content (AvgIpc) is 2.42. The van der Waals surface area contributed by atoms with Gasteiger partial charge in [0, 0.05) is 6.42 Å². The van der Waals surface area contributed by atoms with Crippen LogP contribution in [0.1, 0.15) is 15.9 Å². The predicted molar refractivity (Wildman–Crippen MR) is 73.2 cm³/mol. The van der Waals surface area contributed by atoms with E-state index in [2.05, 4.69) is 0 Å². The fourth-order valence-electron chi connectivity index (χ4n) is 2.18. The van der Waals surface area contributed by atoms with Crippen molar-refractivity contribution in [1.29, 1.82) is 0 Å². The molecule has 1 aliphatic heterocycles. The number of carboxylic acids is 1. The summed E-state index contributed by atoms with van der Waals surface area (Å²) in [7, 11) is 0. The van der Waals surface area contributed by atoms with Gasteiger partial charge in [0.1, 0.15) is 17.8 Å². The van der Waals surface area contributed by atoms with E-state index in [-0.39, 0.29) is 48.1 Å². The number of hydrogen-bond acceptors (Lipinski definition) is 6. The van der Waals surface area contributed by atoms with Crippen LogP contribution in [0.5, 0.6) is 0 Å². The van der Waals surface area contributed by atoms with Gasteiger partial charge in [-0.2, -0.15) is 0 Å². The first-order chi connectivity index (χ1) is 9.34. The summed E-state index contributed by atoms with van der Waals surface area (Å²) in [5, 5.41) is 48.1. The first-order valence-corrected chi connectivity index (χ1v) is 6.05. The summed E-state index contributed by atoms with van der Waals surface area (Å²) in [5.74, 6) is -1.07. The molecule has 5 N–H and O–H groups in total. The van der Waals surface area contributed by atoms with E-state index in [0.29, 0.717) is 5.56 Å². The summed E-state index contributed by atoms with van der Waals surface area (Å²) in [6.45, 7) is -0.304. The van der Waals surface area contributed by atoms with Crippen molar-refractivity contribution >= 4 is 35.5 Å². The topological polar surface area (TPSA) is 127 Å². The first-order valence-electron chi connectivity index (χ1n) is 6.05. The van der Waals surface area contributed by atoms with Crippen LogP contribution < -0.4 is 0 Å². The van der Waals surface area contributed by atoms with E-state index in [1.807, 2.05) is 0 Å². The standard InChI is InChI=1S/C13H16O7.Na.H/c14-9-6-20-12(18)10(15)13(9,19)5-7-1-3-8(4-2-7)11(16)17;;/h1-4,9-10,12,14-15,18-19H,5-6H2,(H,16,17);;/t9-,10+,12+,13+;;/m1../s1. The van der Waals surface area contributed by atoms with Crippen molar-refractivity contribution in [3.63, 3.8) is 0 Å². The van der Waals surface area contributed by atoms with Crippen LogP contribution in [0.2, 0.25) is 0 Å². The molecular weight excluding hydrogens is 291 g/mol. The molecule has 1 saturated heterocycles. The second-order valence-corrected chi connectivity index (χ2v) is 4.85. The number of aliphatic hydroxyl groups excluding tert-OH is 3. The first kappa shape index (κ1) is 18.5. The van der Waals surface area contributed by atoms with Gasteiger partial charge in [0.15, 0.2) is 6.29 Å². The molecule has 2 rings (SSSR count). The van der Waals surface area contributed by atoms with Gasteiger partial charge in [0.25, 0.3) is 0 Å². The third-order valence-corrected chi connectivity index (χ3v) is 3.47. The van der Waals surface area contributed by atoms with Gasteiger partial charge >= 0.3 is 35.5 Å². The van der Waals surface area contributed by atoms with Crippen LogP contribution in [-0.2, 0) is 11.2 Å². The van der Waals surface area contributed by atoms with Gasteiger partial charge in [-0.1, -0.05) is 12.1 Å². The van der Waals surface area contributed by atoms with Crippen molar-refractivity contribution in [3.05, 3.63) is 35.4 Å². The van der Waals surface area contributed by atoms with Crippen molar-refractivity contribution in [2.24, 2.45) is 0 Å². The Bertz CT molecular complexity index is 492. The van der Waals surface area contributed by atoms with E-state index in [9.17, 15) is 25.2 Å². The van der Waals surface area contributed by atoms with Crippen molar-refractivity contribution < 1.29 is 35.1 Å². The predicted octanol–water partition coefficient (Wildman–Crippen LogP) is -1.92. The van der Waals surface area contributed by atoms with Crippen LogP contribution in [0.4, 0.5) is 0 Å². The summed E-state index contributed by atoms with van der Waals surface area (Å²) >= 11 is 0. The Hall–Kier alpha value is -0.510. The molecule has 0 bridgehead atoms. The second kappa shape index (κ2) is 7.17. The molecule has 0 spiro atoms. The van der Waals surface area contributed by atoms with Crippen LogP contribution >= 0.6 is 0 Å². The molecule has 21 heavy (non-hydrogen) atoms. The Labute approximate surface area is 143 Å². The summed E-state index contributed by atoms with van der Waals surface area (Å²) in [6, 6.07) is 5.66. The molecule has 7 nitrogen and oxygen atoms in total. The molecule has 8 heteroatoms. The normalized spacial score (nSPS) is 32.3. The molecule has 1 heterocycles. The summed E-state index contributed by atoms with van der Waals surface area (Å²) in [5.41, 5.74) is -1.35. The molecule has 112 valence electrons. The van der Waals surface area contributed by atoms with Gasteiger partial charge in [-0.3, -0.25) is 0 Å². The zero-order valence-electron chi connectivity index (χ0n) is 10.5. The van der Waals surface area contributed by atoms with E-state index in [4.69, 9.17) is 9.84 Å². The Morgan fingerprint density at radius 1 is 1.24 bits per heavy atom. The zero-order chi connectivity index (χ0) is 14.9. The maximum atomic E-state index is 10.7. The van der Waals surface area contributed by atoms with Crippen LogP contribution in [0.15, 0.2) is 24.3 Å². The average molecular weight is 308 g/mol. The SMILES string of the molecule is O=C(O)c1ccc(C[C@]2(O)[C@H](O)CO[C@H](O)[C@@H]2O)cc1.[NaH]. The molecule has 1 aromatic rings. The van der Waals surface area contributed by atoms with E-state index >= 15 is 0 Å². The van der Waals surface area contributed by atoms with Crippen LogP contribution in [-0.4, -0.2) is 91.8 Å². The van der Waals surface area contributed by atoms with Crippen molar-refractivity contribution in [2.75, 3.05) is 6.61 Å². The van der Waals surface area contributed by atoms with Gasteiger partial charge in [0.2, 0.25) is 0 Å². The quantitative estimate of drug-likeness (QED) is 0.412. The third kappa shape index (κ3) is 3.82. The van der Waals surface area contributed by atoms with E-state index < -0.39 is 30.1 Å². The van der Waals surface area contributed by atoms with Crippen LogP contribution in [0.3, 0.4) is 0 Å². The van der Waals surface area contributed by atoms with Gasteiger partial charge < -0.3 is 30.3 Å². The molecule has 1 fully saturated rings. The number of carboxylic acid groups (broad SMARTS) is 1. The van der Waals surface area contributed by atoms with Gasteiger partial charge in [-0.05, 0) is 17.7 Å². The van der Waals surface area contributed by atoms with Gasteiger partial charge in [-0.25, -0.2) is 4.79 Å². The fourth-order valence-corrected chi connectivity index (χ4v) is 2.18. The molecular formula is C13H17NaO7. The van der Waals surface area contributed by atoms with E-state index in [0.717, 1.165) is 0 Å². The summed E-state index contributed by atoms with van der Waals surface area (Å²) in [6.07, 6.45) is -4.75. The van der Waals surface area contributed by atoms with Crippen LogP contribution in [0.25, 0.3) is 0 Å². The van der Waals surface area contributed by atoms with Crippen LogP contribution in [0, 0.1) is 0 Å². The van der Waals surface area contributed by atoms with Crippen molar-refractivity contribution in [1.82, 2.24) is 0 Å². The fraction of sp³-hybridized carbons (Fsp3) is 0.462. The maximum absolute atomic E-state index is 10.7. The number of aromatic carboxylic acids is 1. The summed E-state index contributed by atoms with van der Waals surface area (Å²) < 4.78 is 4.70. The molecule has 1 aliphatic rings. The molecule has 0 aliphatic carbocycles. The van der Waals surface area contributed by atoms with Gasteiger partial charge in [-0.15, -0.1) is 0 Å². The van der Waals surface area contributed by atoms with Gasteiger partial charge in [0.05, 0.1) is 12.2 Å². The Balaban J connectivity index is 0.00000220. The number of rotatable bonds is 3. The number of benzene rings is 1. The number of carbonyl (C=O) groups is 1. The number of ether oxygens (including phenoxy) is 1. The molecule has 0 amide bonds. The van der Waals surface area contributed by atoms with E-state index in [1.54, 1.807) is 0 Å². The van der Waals surface area contributed by atoms with E-state index in [1.165, 1.54) is 24.3 Å². The molecule has 4 atom stereocenters. The Morgan fingerprint density at radius 2 is 1.81 bits per heavy atom. The number of aliphatic hydroxyl groups is 4. The molecule has 0 saturated carbocycles. The molecule has 1 aromatic carbocycles. The second-order valence-electron chi connectivity index (χ2n) is 4.85.